The second-order valence-electron chi connectivity index (χ2n) is 5.43. The molecule has 0 saturated carbocycles. The molecule has 0 saturated heterocycles. The first-order chi connectivity index (χ1) is 9.84. The molecule has 104 valence electrons. The van der Waals surface area contributed by atoms with Crippen LogP contribution in [-0.4, -0.2) is 12.7 Å². The first kappa shape index (κ1) is 13.3. The highest BCUT2D eigenvalue weighted by Crippen LogP contribution is 2.31. The summed E-state index contributed by atoms with van der Waals surface area (Å²) in [4.78, 5) is 0. The highest BCUT2D eigenvalue weighted by molar-refractivity contribution is 5.36. The van der Waals surface area contributed by atoms with E-state index < -0.39 is 0 Å². The van der Waals surface area contributed by atoms with E-state index in [1.165, 1.54) is 16.7 Å². The molecule has 0 fully saturated rings. The topological polar surface area (TPSA) is 35.2 Å². The molecule has 2 heteroatoms. The summed E-state index contributed by atoms with van der Waals surface area (Å²) in [6.45, 7) is 0.779. The van der Waals surface area contributed by atoms with Gasteiger partial charge in [-0.1, -0.05) is 54.6 Å². The van der Waals surface area contributed by atoms with Crippen molar-refractivity contribution in [2.24, 2.45) is 5.73 Å². The summed E-state index contributed by atoms with van der Waals surface area (Å²) in [6.07, 6.45) is 3.20. The van der Waals surface area contributed by atoms with Gasteiger partial charge in [0.1, 0.15) is 0 Å². The van der Waals surface area contributed by atoms with E-state index in [2.05, 4.69) is 54.6 Å². The third-order valence-corrected chi connectivity index (χ3v) is 4.02. The first-order valence-electron chi connectivity index (χ1n) is 7.33. The van der Waals surface area contributed by atoms with Crippen LogP contribution >= 0.6 is 0 Å². The van der Waals surface area contributed by atoms with Gasteiger partial charge in [0.2, 0.25) is 0 Å². The number of nitrogens with two attached hydrogens (primary N) is 1. The minimum absolute atomic E-state index is 0.0305. The number of hydrogen-bond acceptors (Lipinski definition) is 2. The largest absolute Gasteiger partial charge is 0.376 e. The van der Waals surface area contributed by atoms with E-state index in [9.17, 15) is 0 Å². The third-order valence-electron chi connectivity index (χ3n) is 4.02. The van der Waals surface area contributed by atoms with E-state index >= 15 is 0 Å². The zero-order valence-electron chi connectivity index (χ0n) is 11.7. The standard InChI is InChI=1S/C18H21NO/c19-18-16-11-5-4-10-15(16)13-17(18)20-12-6-9-14-7-2-1-3-8-14/h1-5,7-8,10-11,17-18H,6,9,12-13,19H2. The number of fused-ring (bicyclic) bond motifs is 1. The molecule has 3 rings (SSSR count). The van der Waals surface area contributed by atoms with Gasteiger partial charge in [0, 0.05) is 13.0 Å². The second-order valence-corrected chi connectivity index (χ2v) is 5.43. The van der Waals surface area contributed by atoms with Crippen molar-refractivity contribution in [3.63, 3.8) is 0 Å². The van der Waals surface area contributed by atoms with Crippen molar-refractivity contribution >= 4 is 0 Å². The van der Waals surface area contributed by atoms with Gasteiger partial charge in [-0.15, -0.1) is 0 Å². The van der Waals surface area contributed by atoms with Crippen molar-refractivity contribution in [3.8, 4) is 0 Å². The number of aryl methyl sites for hydroxylation is 1. The molecule has 2 nitrogen and oxygen atoms in total. The van der Waals surface area contributed by atoms with Gasteiger partial charge in [0.15, 0.2) is 0 Å². The Labute approximate surface area is 120 Å². The van der Waals surface area contributed by atoms with Crippen molar-refractivity contribution in [2.45, 2.75) is 31.4 Å². The maximum absolute atomic E-state index is 6.26. The van der Waals surface area contributed by atoms with Gasteiger partial charge in [0.05, 0.1) is 12.1 Å². The SMILES string of the molecule is NC1c2ccccc2CC1OCCCc1ccccc1. The fourth-order valence-electron chi connectivity index (χ4n) is 2.91. The maximum Gasteiger partial charge on any atom is 0.0808 e. The Balaban J connectivity index is 1.46. The van der Waals surface area contributed by atoms with Crippen molar-refractivity contribution in [3.05, 3.63) is 71.3 Å². The zero-order chi connectivity index (χ0) is 13.8. The number of rotatable bonds is 5. The normalized spacial score (nSPS) is 20.9. The molecule has 0 heterocycles. The van der Waals surface area contributed by atoms with Crippen molar-refractivity contribution in [1.29, 1.82) is 0 Å². The second kappa shape index (κ2) is 6.21. The average Bonchev–Trinajstić information content (AvgIpc) is 2.82. The molecule has 20 heavy (non-hydrogen) atoms. The fourth-order valence-corrected chi connectivity index (χ4v) is 2.91. The van der Waals surface area contributed by atoms with E-state index in [1.54, 1.807) is 0 Å². The summed E-state index contributed by atoms with van der Waals surface area (Å²) >= 11 is 0. The average molecular weight is 267 g/mol. The van der Waals surface area contributed by atoms with Crippen molar-refractivity contribution in [1.82, 2.24) is 0 Å². The molecule has 2 atom stereocenters. The van der Waals surface area contributed by atoms with Crippen LogP contribution in [0.15, 0.2) is 54.6 Å². The molecular formula is C18H21NO. The van der Waals surface area contributed by atoms with Gasteiger partial charge in [-0.05, 0) is 29.5 Å². The zero-order valence-corrected chi connectivity index (χ0v) is 11.7. The molecule has 0 amide bonds. The van der Waals surface area contributed by atoms with Gasteiger partial charge in [-0.3, -0.25) is 0 Å². The molecule has 2 aromatic rings. The van der Waals surface area contributed by atoms with Gasteiger partial charge in [-0.25, -0.2) is 0 Å². The lowest BCUT2D eigenvalue weighted by atomic mass is 10.1. The van der Waals surface area contributed by atoms with Crippen LogP contribution in [0.1, 0.15) is 29.2 Å². The van der Waals surface area contributed by atoms with Crippen LogP contribution in [-0.2, 0) is 17.6 Å². The van der Waals surface area contributed by atoms with Crippen LogP contribution in [0.2, 0.25) is 0 Å². The Kier molecular flexibility index (Phi) is 4.14. The van der Waals surface area contributed by atoms with Gasteiger partial charge < -0.3 is 10.5 Å². The Hall–Kier alpha value is -1.64. The fraction of sp³-hybridized carbons (Fsp3) is 0.333. The summed E-state index contributed by atoms with van der Waals surface area (Å²) in [5, 5.41) is 0. The summed E-state index contributed by atoms with van der Waals surface area (Å²) in [5.74, 6) is 0. The van der Waals surface area contributed by atoms with E-state index in [0.717, 1.165) is 25.9 Å². The minimum Gasteiger partial charge on any atom is -0.376 e. The first-order valence-corrected chi connectivity index (χ1v) is 7.33. The molecule has 2 unspecified atom stereocenters. The predicted octanol–water partition coefficient (Wildman–Crippen LogP) is 3.26. The predicted molar refractivity (Wildman–Crippen MR) is 81.6 cm³/mol. The van der Waals surface area contributed by atoms with Crippen molar-refractivity contribution in [2.75, 3.05) is 6.61 Å². The molecule has 0 radical (unpaired) electrons. The van der Waals surface area contributed by atoms with Crippen LogP contribution in [0.25, 0.3) is 0 Å². The van der Waals surface area contributed by atoms with Crippen LogP contribution in [0.5, 0.6) is 0 Å². The molecule has 0 bridgehead atoms. The lowest BCUT2D eigenvalue weighted by Gasteiger charge is -2.17. The lowest BCUT2D eigenvalue weighted by Crippen LogP contribution is -2.25. The molecular weight excluding hydrogens is 246 g/mol. The van der Waals surface area contributed by atoms with E-state index in [1.807, 2.05) is 0 Å². The molecule has 2 aromatic carbocycles. The summed E-state index contributed by atoms with van der Waals surface area (Å²) in [6, 6.07) is 19.0. The molecule has 1 aliphatic carbocycles. The number of benzene rings is 2. The molecule has 1 aliphatic rings. The van der Waals surface area contributed by atoms with Gasteiger partial charge in [-0.2, -0.15) is 0 Å². The monoisotopic (exact) mass is 267 g/mol. The number of ether oxygens (including phenoxy) is 1. The van der Waals surface area contributed by atoms with Crippen LogP contribution in [0.4, 0.5) is 0 Å². The Bertz CT molecular complexity index is 552. The van der Waals surface area contributed by atoms with Crippen LogP contribution < -0.4 is 5.73 Å². The minimum atomic E-state index is 0.0305. The van der Waals surface area contributed by atoms with Gasteiger partial charge >= 0.3 is 0 Å². The molecule has 0 aliphatic heterocycles. The van der Waals surface area contributed by atoms with Crippen LogP contribution in [0, 0.1) is 0 Å². The maximum atomic E-state index is 6.26. The Morgan fingerprint density at radius 3 is 2.55 bits per heavy atom. The summed E-state index contributed by atoms with van der Waals surface area (Å²) in [7, 11) is 0. The van der Waals surface area contributed by atoms with Crippen molar-refractivity contribution < 1.29 is 4.74 Å². The number of hydrogen-bond donors (Lipinski definition) is 1. The van der Waals surface area contributed by atoms with E-state index in [-0.39, 0.29) is 12.1 Å². The molecule has 0 aromatic heterocycles. The quantitative estimate of drug-likeness (QED) is 0.844. The Morgan fingerprint density at radius 2 is 1.75 bits per heavy atom. The van der Waals surface area contributed by atoms with E-state index in [0.29, 0.717) is 0 Å². The van der Waals surface area contributed by atoms with E-state index in [4.69, 9.17) is 10.5 Å². The lowest BCUT2D eigenvalue weighted by molar-refractivity contribution is 0.0423. The summed E-state index contributed by atoms with van der Waals surface area (Å²) in [5.41, 5.74) is 10.2. The van der Waals surface area contributed by atoms with Gasteiger partial charge in [0.25, 0.3) is 0 Å². The third kappa shape index (κ3) is 2.92. The summed E-state index contributed by atoms with van der Waals surface area (Å²) < 4.78 is 5.99. The highest BCUT2D eigenvalue weighted by Gasteiger charge is 2.29. The highest BCUT2D eigenvalue weighted by atomic mass is 16.5. The molecule has 2 N–H and O–H groups in total. The smallest absolute Gasteiger partial charge is 0.0808 e. The Morgan fingerprint density at radius 1 is 1.00 bits per heavy atom. The molecule has 0 spiro atoms. The van der Waals surface area contributed by atoms with Crippen LogP contribution in [0.3, 0.4) is 0 Å².